The lowest BCUT2D eigenvalue weighted by molar-refractivity contribution is -0.120. The Morgan fingerprint density at radius 2 is 1.55 bits per heavy atom. The van der Waals surface area contributed by atoms with Gasteiger partial charge in [-0.05, 0) is 96.9 Å². The highest BCUT2D eigenvalue weighted by molar-refractivity contribution is 5.93. The van der Waals surface area contributed by atoms with E-state index < -0.39 is 6.09 Å². The SMILES string of the molecule is CN(C(=O)CCN1CCC(OC(=O)Nc2ccccc2-c2ccccc2)CC1)c1ccc(CC(=O)NCc2cccc(CCNCCc3ccc(O)c4[nH]c(=O)ccc34)c2)cc1. The third kappa shape index (κ3) is 12.0. The number of hydrogen-bond acceptors (Lipinski definition) is 8. The normalized spacial score (nSPS) is 13.1. The van der Waals surface area contributed by atoms with Gasteiger partial charge in [0.2, 0.25) is 17.4 Å². The second kappa shape index (κ2) is 21.2. The monoisotopic (exact) mass is 834 g/mol. The van der Waals surface area contributed by atoms with Crippen LogP contribution in [0.1, 0.15) is 41.5 Å². The first kappa shape index (κ1) is 43.3. The maximum Gasteiger partial charge on any atom is 0.411 e. The predicted molar refractivity (Wildman–Crippen MR) is 244 cm³/mol. The van der Waals surface area contributed by atoms with Crippen molar-refractivity contribution in [1.29, 1.82) is 0 Å². The molecule has 12 heteroatoms. The summed E-state index contributed by atoms with van der Waals surface area (Å²) in [6, 6.07) is 40.0. The largest absolute Gasteiger partial charge is 0.506 e. The predicted octanol–water partition coefficient (Wildman–Crippen LogP) is 7.20. The fraction of sp³-hybridized carbons (Fsp3) is 0.280. The van der Waals surface area contributed by atoms with Crippen molar-refractivity contribution in [3.8, 4) is 16.9 Å². The van der Waals surface area contributed by atoms with Crippen LogP contribution in [0.2, 0.25) is 0 Å². The highest BCUT2D eigenvalue weighted by atomic mass is 16.6. The van der Waals surface area contributed by atoms with Crippen LogP contribution in [0, 0.1) is 0 Å². The van der Waals surface area contributed by atoms with E-state index in [1.807, 2.05) is 97.1 Å². The zero-order chi connectivity index (χ0) is 43.3. The molecule has 320 valence electrons. The molecule has 0 unspecified atom stereocenters. The number of para-hydroxylation sites is 1. The van der Waals surface area contributed by atoms with Crippen LogP contribution in [-0.4, -0.2) is 78.8 Å². The number of aromatic nitrogens is 1. The van der Waals surface area contributed by atoms with Gasteiger partial charge in [-0.15, -0.1) is 0 Å². The molecule has 1 aromatic heterocycles. The minimum Gasteiger partial charge on any atom is -0.506 e. The van der Waals surface area contributed by atoms with E-state index in [0.717, 1.165) is 77.9 Å². The number of nitrogens with one attached hydrogen (secondary N) is 4. The zero-order valence-corrected chi connectivity index (χ0v) is 35.1. The molecular formula is C50H54N6O6. The molecule has 0 bridgehead atoms. The van der Waals surface area contributed by atoms with E-state index in [9.17, 15) is 24.3 Å². The second-order valence-corrected chi connectivity index (χ2v) is 15.7. The molecule has 0 spiro atoms. The number of rotatable bonds is 17. The third-order valence-corrected chi connectivity index (χ3v) is 11.4. The van der Waals surface area contributed by atoms with E-state index in [1.54, 1.807) is 24.1 Å². The molecule has 12 nitrogen and oxygen atoms in total. The van der Waals surface area contributed by atoms with Gasteiger partial charge in [0.05, 0.1) is 17.6 Å². The van der Waals surface area contributed by atoms with Gasteiger partial charge in [0, 0.05) is 62.4 Å². The maximum atomic E-state index is 13.1. The Kier molecular flexibility index (Phi) is 14.8. The number of aromatic hydroxyl groups is 1. The van der Waals surface area contributed by atoms with E-state index in [-0.39, 0.29) is 35.6 Å². The Bertz CT molecular complexity index is 2520. The third-order valence-electron chi connectivity index (χ3n) is 11.4. The second-order valence-electron chi connectivity index (χ2n) is 15.7. The van der Waals surface area contributed by atoms with Crippen LogP contribution in [0.5, 0.6) is 5.75 Å². The number of phenolic OH excluding ortho intramolecular Hbond substituents is 1. The summed E-state index contributed by atoms with van der Waals surface area (Å²) in [6.45, 7) is 4.05. The molecule has 3 amide bonds. The average molecular weight is 835 g/mol. The van der Waals surface area contributed by atoms with E-state index >= 15 is 0 Å². The van der Waals surface area contributed by atoms with Crippen LogP contribution in [0.25, 0.3) is 22.0 Å². The number of pyridine rings is 1. The summed E-state index contributed by atoms with van der Waals surface area (Å²) in [5, 5.41) is 20.4. The molecule has 0 atom stereocenters. The van der Waals surface area contributed by atoms with Crippen molar-refractivity contribution < 1.29 is 24.2 Å². The number of nitrogens with zero attached hydrogens (tertiary/aromatic N) is 2. The number of phenols is 1. The number of carbonyl (C=O) groups excluding carboxylic acids is 3. The van der Waals surface area contributed by atoms with Gasteiger partial charge in [-0.2, -0.15) is 0 Å². The number of carbonyl (C=O) groups is 3. The number of anilines is 2. The van der Waals surface area contributed by atoms with Gasteiger partial charge in [0.15, 0.2) is 0 Å². The van der Waals surface area contributed by atoms with Gasteiger partial charge in [0.25, 0.3) is 0 Å². The smallest absolute Gasteiger partial charge is 0.411 e. The molecule has 0 aliphatic carbocycles. The van der Waals surface area contributed by atoms with Gasteiger partial charge in [-0.3, -0.25) is 19.7 Å². The molecule has 62 heavy (non-hydrogen) atoms. The molecule has 2 heterocycles. The summed E-state index contributed by atoms with van der Waals surface area (Å²) in [4.78, 5) is 57.1. The topological polar surface area (TPSA) is 156 Å². The van der Waals surface area contributed by atoms with E-state index in [0.29, 0.717) is 43.6 Å². The lowest BCUT2D eigenvalue weighted by Gasteiger charge is -2.31. The lowest BCUT2D eigenvalue weighted by atomic mass is 10.0. The van der Waals surface area contributed by atoms with Crippen LogP contribution in [0.15, 0.2) is 132 Å². The Balaban J connectivity index is 0.773. The Hall–Kier alpha value is -6.76. The molecule has 1 aliphatic rings. The van der Waals surface area contributed by atoms with Crippen molar-refractivity contribution in [2.75, 3.05) is 50.0 Å². The molecular weight excluding hydrogens is 781 g/mol. The Morgan fingerprint density at radius 1 is 0.806 bits per heavy atom. The van der Waals surface area contributed by atoms with Crippen LogP contribution >= 0.6 is 0 Å². The van der Waals surface area contributed by atoms with Gasteiger partial charge >= 0.3 is 6.09 Å². The molecule has 1 fully saturated rings. The number of ether oxygens (including phenoxy) is 1. The van der Waals surface area contributed by atoms with Gasteiger partial charge < -0.3 is 35.3 Å². The first-order chi connectivity index (χ1) is 30.2. The fourth-order valence-electron chi connectivity index (χ4n) is 7.85. The first-order valence-electron chi connectivity index (χ1n) is 21.3. The van der Waals surface area contributed by atoms with E-state index in [2.05, 4.69) is 38.0 Å². The number of aromatic amines is 1. The van der Waals surface area contributed by atoms with Gasteiger partial charge in [-0.25, -0.2) is 4.79 Å². The molecule has 6 aromatic rings. The number of likely N-dealkylation sites (tertiary alicyclic amines) is 1. The summed E-state index contributed by atoms with van der Waals surface area (Å²) >= 11 is 0. The quantitative estimate of drug-likeness (QED) is 0.0605. The molecule has 1 aliphatic heterocycles. The molecule has 0 saturated carbocycles. The summed E-state index contributed by atoms with van der Waals surface area (Å²) in [5.41, 5.74) is 7.74. The van der Waals surface area contributed by atoms with Crippen LogP contribution in [0.3, 0.4) is 0 Å². The van der Waals surface area contributed by atoms with Crippen molar-refractivity contribution in [3.63, 3.8) is 0 Å². The number of amides is 3. The lowest BCUT2D eigenvalue weighted by Crippen LogP contribution is -2.40. The Labute approximate surface area is 361 Å². The number of piperidine rings is 1. The molecule has 5 N–H and O–H groups in total. The van der Waals surface area contributed by atoms with Gasteiger partial charge in [0.1, 0.15) is 11.9 Å². The first-order valence-corrected chi connectivity index (χ1v) is 21.3. The number of hydrogen-bond donors (Lipinski definition) is 5. The molecule has 5 aromatic carbocycles. The van der Waals surface area contributed by atoms with Crippen molar-refractivity contribution in [3.05, 3.63) is 160 Å². The van der Waals surface area contributed by atoms with Gasteiger partial charge in [-0.1, -0.05) is 91.0 Å². The average Bonchev–Trinajstić information content (AvgIpc) is 3.29. The van der Waals surface area contributed by atoms with Crippen LogP contribution in [0.4, 0.5) is 16.2 Å². The summed E-state index contributed by atoms with van der Waals surface area (Å²) in [7, 11) is 1.77. The van der Waals surface area contributed by atoms with Crippen molar-refractivity contribution in [2.45, 2.75) is 51.2 Å². The summed E-state index contributed by atoms with van der Waals surface area (Å²) in [5.74, 6) is -0.0115. The van der Waals surface area contributed by atoms with Crippen molar-refractivity contribution in [2.24, 2.45) is 0 Å². The van der Waals surface area contributed by atoms with Crippen LogP contribution < -0.4 is 26.4 Å². The standard InChI is InChI=1S/C50H54N6O6/c1-55(48(60)26-31-56-29-24-41(25-30-56)62-50(61)53-44-13-6-5-12-42(44)38-10-3-2-4-11-38)40-17-14-36(15-18-40)33-47(59)52-34-37-9-7-8-35(32-37)22-27-51-28-23-39-16-20-45(57)49-43(39)19-21-46(58)54-49/h2-21,32,41,51,57H,22-31,33-34H2,1H3,(H,52,59)(H,53,61)(H,54,58). The fourth-order valence-corrected chi connectivity index (χ4v) is 7.85. The molecule has 0 radical (unpaired) electrons. The number of H-pyrrole nitrogens is 1. The zero-order valence-electron chi connectivity index (χ0n) is 35.1. The van der Waals surface area contributed by atoms with Crippen molar-refractivity contribution >= 4 is 40.2 Å². The molecule has 1 saturated heterocycles. The summed E-state index contributed by atoms with van der Waals surface area (Å²) in [6.07, 6.45) is 2.93. The Morgan fingerprint density at radius 3 is 2.35 bits per heavy atom. The van der Waals surface area contributed by atoms with Crippen molar-refractivity contribution in [1.82, 2.24) is 20.5 Å². The number of fused-ring (bicyclic) bond motifs is 1. The number of benzene rings is 5. The highest BCUT2D eigenvalue weighted by Gasteiger charge is 2.24. The minimum atomic E-state index is -0.463. The molecule has 7 rings (SSSR count). The minimum absolute atomic E-state index is 0.00529. The summed E-state index contributed by atoms with van der Waals surface area (Å²) < 4.78 is 5.78. The van der Waals surface area contributed by atoms with E-state index in [4.69, 9.17) is 4.74 Å². The van der Waals surface area contributed by atoms with Crippen LogP contribution in [-0.2, 0) is 40.1 Å². The van der Waals surface area contributed by atoms with E-state index in [1.165, 1.54) is 11.6 Å². The highest BCUT2D eigenvalue weighted by Crippen LogP contribution is 2.28. The maximum absolute atomic E-state index is 13.1.